The average Bonchev–Trinajstić information content (AvgIpc) is 2.58. The number of nitrogen functional groups attached to an aromatic ring is 1. The zero-order valence-electron chi connectivity index (χ0n) is 12.7. The second-order valence-corrected chi connectivity index (χ2v) is 5.38. The van der Waals surface area contributed by atoms with Crippen molar-refractivity contribution in [3.8, 4) is 17.6 Å². The molecule has 2 aromatic rings. The summed E-state index contributed by atoms with van der Waals surface area (Å²) in [4.78, 5) is 8.45. The third-order valence-corrected chi connectivity index (χ3v) is 3.69. The molecule has 0 bridgehead atoms. The molecule has 0 aliphatic rings. The number of nitrogens with zero attached hydrogens (tertiary/aromatic N) is 3. The Kier molecular flexibility index (Phi) is 5.83. The molecule has 118 valence electrons. The molecule has 0 amide bonds. The number of nitriles is 1. The third-order valence-electron chi connectivity index (χ3n) is 2.85. The van der Waals surface area contributed by atoms with E-state index in [4.69, 9.17) is 15.2 Å². The molecule has 0 spiro atoms. The molecule has 2 N–H and O–H groups in total. The maximum absolute atomic E-state index is 9.24. The van der Waals surface area contributed by atoms with Gasteiger partial charge in [-0.3, -0.25) is 0 Å². The molecular formula is C16H16N4O2S. The summed E-state index contributed by atoms with van der Waals surface area (Å²) in [6.07, 6.45) is 1.74. The van der Waals surface area contributed by atoms with Crippen LogP contribution in [0.4, 0.5) is 5.82 Å². The molecule has 1 aromatic heterocycles. The van der Waals surface area contributed by atoms with Crippen LogP contribution in [-0.2, 0) is 6.61 Å². The van der Waals surface area contributed by atoms with E-state index >= 15 is 0 Å². The van der Waals surface area contributed by atoms with E-state index in [0.717, 1.165) is 0 Å². The minimum Gasteiger partial charge on any atom is -0.497 e. The lowest BCUT2D eigenvalue weighted by Gasteiger charge is -2.10. The van der Waals surface area contributed by atoms with Crippen LogP contribution in [0.5, 0.6) is 11.5 Å². The van der Waals surface area contributed by atoms with Crippen molar-refractivity contribution in [2.75, 3.05) is 18.6 Å². The molecule has 0 aliphatic heterocycles. The fourth-order valence-electron chi connectivity index (χ4n) is 1.77. The highest BCUT2D eigenvalue weighted by Gasteiger charge is 2.13. The Morgan fingerprint density at radius 1 is 1.39 bits per heavy atom. The van der Waals surface area contributed by atoms with Gasteiger partial charge in [0.1, 0.15) is 41.3 Å². The van der Waals surface area contributed by atoms with E-state index < -0.39 is 0 Å². The zero-order valence-corrected chi connectivity index (χ0v) is 13.5. The molecule has 0 radical (unpaired) electrons. The molecule has 0 atom stereocenters. The summed E-state index contributed by atoms with van der Waals surface area (Å²) in [6, 6.07) is 9.21. The highest BCUT2D eigenvalue weighted by molar-refractivity contribution is 7.99. The van der Waals surface area contributed by atoms with Crippen molar-refractivity contribution in [2.45, 2.75) is 11.8 Å². The van der Waals surface area contributed by atoms with Crippen LogP contribution < -0.4 is 15.2 Å². The van der Waals surface area contributed by atoms with E-state index in [1.165, 1.54) is 11.8 Å². The highest BCUT2D eigenvalue weighted by Crippen LogP contribution is 2.23. The quantitative estimate of drug-likeness (QED) is 0.474. The van der Waals surface area contributed by atoms with Gasteiger partial charge in [0.25, 0.3) is 0 Å². The van der Waals surface area contributed by atoms with Gasteiger partial charge in [-0.15, -0.1) is 6.58 Å². The Morgan fingerprint density at radius 2 is 2.17 bits per heavy atom. The number of rotatable bonds is 7. The minimum atomic E-state index is 0.116. The van der Waals surface area contributed by atoms with Crippen molar-refractivity contribution in [3.63, 3.8) is 0 Å². The van der Waals surface area contributed by atoms with Gasteiger partial charge < -0.3 is 15.2 Å². The first kappa shape index (κ1) is 16.6. The number of methoxy groups -OCH3 is 1. The van der Waals surface area contributed by atoms with Crippen LogP contribution in [0.1, 0.15) is 11.3 Å². The Labute approximate surface area is 139 Å². The number of thioether (sulfide) groups is 1. The summed E-state index contributed by atoms with van der Waals surface area (Å²) in [5.74, 6) is 2.11. The second kappa shape index (κ2) is 8.06. The molecule has 0 unspecified atom stereocenters. The van der Waals surface area contributed by atoms with E-state index in [-0.39, 0.29) is 18.0 Å². The first-order valence-corrected chi connectivity index (χ1v) is 7.73. The molecule has 0 saturated carbocycles. The fraction of sp³-hybridized carbons (Fsp3) is 0.188. The lowest BCUT2D eigenvalue weighted by Crippen LogP contribution is -2.08. The summed E-state index contributed by atoms with van der Waals surface area (Å²) in [7, 11) is 1.58. The van der Waals surface area contributed by atoms with Gasteiger partial charge in [-0.2, -0.15) is 5.26 Å². The van der Waals surface area contributed by atoms with Crippen LogP contribution >= 0.6 is 11.8 Å². The maximum atomic E-state index is 9.24. The molecule has 0 aliphatic carbocycles. The zero-order chi connectivity index (χ0) is 16.7. The van der Waals surface area contributed by atoms with Crippen LogP contribution in [0.2, 0.25) is 0 Å². The first-order chi connectivity index (χ1) is 11.2. The topological polar surface area (TPSA) is 94.0 Å². The Morgan fingerprint density at radius 3 is 2.87 bits per heavy atom. The van der Waals surface area contributed by atoms with E-state index in [1.54, 1.807) is 25.3 Å². The van der Waals surface area contributed by atoms with Crippen molar-refractivity contribution in [1.82, 2.24) is 9.97 Å². The van der Waals surface area contributed by atoms with E-state index in [1.807, 2.05) is 18.2 Å². The van der Waals surface area contributed by atoms with Crippen molar-refractivity contribution < 1.29 is 9.47 Å². The molecule has 7 heteroatoms. The van der Waals surface area contributed by atoms with Crippen LogP contribution in [-0.4, -0.2) is 22.8 Å². The first-order valence-electron chi connectivity index (χ1n) is 6.75. The van der Waals surface area contributed by atoms with Crippen molar-refractivity contribution in [3.05, 3.63) is 48.2 Å². The smallest absolute Gasteiger partial charge is 0.190 e. The number of hydrogen-bond acceptors (Lipinski definition) is 7. The van der Waals surface area contributed by atoms with Gasteiger partial charge >= 0.3 is 0 Å². The van der Waals surface area contributed by atoms with E-state index in [9.17, 15) is 5.26 Å². The number of benzene rings is 1. The normalized spacial score (nSPS) is 9.91. The number of ether oxygens (including phenoxy) is 2. The highest BCUT2D eigenvalue weighted by atomic mass is 32.2. The number of nitrogens with two attached hydrogens (primary N) is 1. The molecule has 0 fully saturated rings. The standard InChI is InChI=1S/C16H16N4O2S/c1-3-7-23-16-19-14(13(9-17)15(18)20-16)10-22-12-6-4-5-11(8-12)21-2/h3-6,8H,1,7,10H2,2H3,(H2,18,19,20). The van der Waals surface area contributed by atoms with E-state index in [0.29, 0.717) is 28.1 Å². The lowest BCUT2D eigenvalue weighted by molar-refractivity contribution is 0.297. The SMILES string of the molecule is C=CCSc1nc(N)c(C#N)c(COc2cccc(OC)c2)n1. The molecule has 0 saturated heterocycles. The largest absolute Gasteiger partial charge is 0.497 e. The van der Waals surface area contributed by atoms with Gasteiger partial charge in [-0.25, -0.2) is 9.97 Å². The fourth-order valence-corrected chi connectivity index (χ4v) is 2.37. The van der Waals surface area contributed by atoms with Crippen LogP contribution in [0.3, 0.4) is 0 Å². The molecule has 6 nitrogen and oxygen atoms in total. The maximum Gasteiger partial charge on any atom is 0.190 e. The molecule has 1 aromatic carbocycles. The predicted octanol–water partition coefficient (Wildman–Crippen LogP) is 2.80. The second-order valence-electron chi connectivity index (χ2n) is 4.39. The van der Waals surface area contributed by atoms with Gasteiger partial charge in [-0.1, -0.05) is 23.9 Å². The Hall–Kier alpha value is -2.72. The summed E-state index contributed by atoms with van der Waals surface area (Å²) in [5, 5.41) is 9.73. The molecule has 2 rings (SSSR count). The van der Waals surface area contributed by atoms with Gasteiger partial charge in [0.15, 0.2) is 5.16 Å². The number of aromatic nitrogens is 2. The summed E-state index contributed by atoms with van der Waals surface area (Å²) < 4.78 is 10.8. The summed E-state index contributed by atoms with van der Waals surface area (Å²) >= 11 is 1.39. The van der Waals surface area contributed by atoms with Gasteiger partial charge in [0.05, 0.1) is 7.11 Å². The Balaban J connectivity index is 2.21. The van der Waals surface area contributed by atoms with Gasteiger partial charge in [-0.05, 0) is 12.1 Å². The number of hydrogen-bond donors (Lipinski definition) is 1. The van der Waals surface area contributed by atoms with Crippen LogP contribution in [0, 0.1) is 11.3 Å². The van der Waals surface area contributed by atoms with E-state index in [2.05, 4.69) is 16.5 Å². The number of anilines is 1. The minimum absolute atomic E-state index is 0.116. The summed E-state index contributed by atoms with van der Waals surface area (Å²) in [6.45, 7) is 3.77. The van der Waals surface area contributed by atoms with Gasteiger partial charge in [0, 0.05) is 11.8 Å². The van der Waals surface area contributed by atoms with Crippen molar-refractivity contribution in [2.24, 2.45) is 0 Å². The third kappa shape index (κ3) is 4.37. The molecule has 23 heavy (non-hydrogen) atoms. The van der Waals surface area contributed by atoms with Crippen molar-refractivity contribution in [1.29, 1.82) is 5.26 Å². The average molecular weight is 328 g/mol. The predicted molar refractivity (Wildman–Crippen MR) is 89.4 cm³/mol. The lowest BCUT2D eigenvalue weighted by atomic mass is 10.2. The van der Waals surface area contributed by atoms with Crippen molar-refractivity contribution >= 4 is 17.6 Å². The molecular weight excluding hydrogens is 312 g/mol. The summed E-state index contributed by atoms with van der Waals surface area (Å²) in [5.41, 5.74) is 6.52. The molecule has 1 heterocycles. The van der Waals surface area contributed by atoms with Gasteiger partial charge in [0.2, 0.25) is 0 Å². The monoisotopic (exact) mass is 328 g/mol. The van der Waals surface area contributed by atoms with Crippen LogP contribution in [0.25, 0.3) is 0 Å². The Bertz CT molecular complexity index is 743. The van der Waals surface area contributed by atoms with Crippen LogP contribution in [0.15, 0.2) is 42.1 Å².